The second kappa shape index (κ2) is 12.5. The van der Waals surface area contributed by atoms with Gasteiger partial charge in [-0.05, 0) is 59.2 Å². The number of hydrogen-bond donors (Lipinski definition) is 1. The van der Waals surface area contributed by atoms with Crippen LogP contribution in [-0.2, 0) is 0 Å². The minimum absolute atomic E-state index is 0.236. The lowest BCUT2D eigenvalue weighted by molar-refractivity contribution is 0.667. The predicted octanol–water partition coefficient (Wildman–Crippen LogP) is 12.4. The molecule has 6 heteroatoms. The van der Waals surface area contributed by atoms with E-state index in [2.05, 4.69) is 156 Å². The Morgan fingerprint density at radius 1 is 0.544 bits per heavy atom. The maximum Gasteiger partial charge on any atom is 0.159 e. The maximum atomic E-state index is 6.74. The fourth-order valence-corrected chi connectivity index (χ4v) is 8.97. The Morgan fingerprint density at radius 2 is 1.25 bits per heavy atom. The van der Waals surface area contributed by atoms with Crippen LogP contribution in [0.15, 0.2) is 201 Å². The molecule has 0 bridgehead atoms. The lowest BCUT2D eigenvalue weighted by Gasteiger charge is -2.28. The summed E-state index contributed by atoms with van der Waals surface area (Å²) in [5, 5.41) is 7.84. The molecule has 0 saturated carbocycles. The molecular weight excluding hydrogens is 701 g/mol. The molecule has 0 fully saturated rings. The first kappa shape index (κ1) is 31.9. The van der Waals surface area contributed by atoms with E-state index >= 15 is 0 Å². The smallest absolute Gasteiger partial charge is 0.159 e. The Labute approximate surface area is 328 Å². The Morgan fingerprint density at radius 3 is 2.12 bits per heavy atom. The van der Waals surface area contributed by atoms with Gasteiger partial charge in [-0.25, -0.2) is 9.98 Å². The molecule has 12 rings (SSSR count). The number of nitrogens with one attached hydrogen (secondary N) is 1. The van der Waals surface area contributed by atoms with E-state index in [-0.39, 0.29) is 12.2 Å². The highest BCUT2D eigenvalue weighted by Gasteiger charge is 2.37. The number of amidine groups is 2. The van der Waals surface area contributed by atoms with Crippen LogP contribution in [0.4, 0.5) is 11.4 Å². The van der Waals surface area contributed by atoms with Crippen molar-refractivity contribution in [1.29, 1.82) is 0 Å². The summed E-state index contributed by atoms with van der Waals surface area (Å²) < 4.78 is 13.4. The summed E-state index contributed by atoms with van der Waals surface area (Å²) in [6.45, 7) is 0. The van der Waals surface area contributed by atoms with Gasteiger partial charge in [0.15, 0.2) is 5.84 Å². The monoisotopic (exact) mass is 734 g/mol. The third kappa shape index (κ3) is 5.11. The summed E-state index contributed by atoms with van der Waals surface area (Å²) in [6.07, 6.45) is 8.66. The molecule has 3 aliphatic rings. The average molecular weight is 735 g/mol. The molecule has 4 heterocycles. The normalized spacial score (nSPS) is 18.5. The molecule has 3 atom stereocenters. The first-order valence-corrected chi connectivity index (χ1v) is 19.4. The summed E-state index contributed by atoms with van der Waals surface area (Å²) in [4.78, 5) is 12.5. The number of fused-ring (bicyclic) bond motifs is 9. The highest BCUT2D eigenvalue weighted by Crippen LogP contribution is 2.48. The van der Waals surface area contributed by atoms with Gasteiger partial charge in [0.05, 0.1) is 6.04 Å². The van der Waals surface area contributed by atoms with Gasteiger partial charge in [0.2, 0.25) is 0 Å². The Kier molecular flexibility index (Phi) is 7.01. The molecule has 2 aliphatic heterocycles. The fraction of sp³-hybridized carbons (Fsp3) is 0.0588. The van der Waals surface area contributed by atoms with Crippen molar-refractivity contribution in [3.8, 4) is 11.1 Å². The highest BCUT2D eigenvalue weighted by molar-refractivity contribution is 6.16. The van der Waals surface area contributed by atoms with Gasteiger partial charge in [-0.15, -0.1) is 0 Å². The van der Waals surface area contributed by atoms with Crippen molar-refractivity contribution >= 4 is 66.9 Å². The number of allylic oxidation sites excluding steroid dienone is 2. The quantitative estimate of drug-likeness (QED) is 0.191. The summed E-state index contributed by atoms with van der Waals surface area (Å²) >= 11 is 0. The largest absolute Gasteiger partial charge is 0.456 e. The highest BCUT2D eigenvalue weighted by atomic mass is 16.3. The van der Waals surface area contributed by atoms with Crippen LogP contribution >= 0.6 is 0 Å². The minimum atomic E-state index is -0.276. The van der Waals surface area contributed by atoms with Gasteiger partial charge in [0, 0.05) is 61.6 Å². The zero-order valence-corrected chi connectivity index (χ0v) is 30.7. The number of furan rings is 2. The minimum Gasteiger partial charge on any atom is -0.456 e. The molecule has 270 valence electrons. The van der Waals surface area contributed by atoms with Crippen LogP contribution in [0.5, 0.6) is 0 Å². The van der Waals surface area contributed by atoms with Gasteiger partial charge in [-0.1, -0.05) is 133 Å². The Balaban J connectivity index is 0.921. The summed E-state index contributed by atoms with van der Waals surface area (Å²) in [7, 11) is 0. The van der Waals surface area contributed by atoms with Crippen LogP contribution in [0.25, 0.3) is 55.0 Å². The number of rotatable bonds is 5. The SMILES string of the molecule is C1=CC2c3ccccc3N(c3ccc4c(c3)oc3cc(-c5cccc6c5oc5cc(C7=NC(c8ccccc8)NC(c8ccccc8)=N7)ccc56)ccc34)C2C=C1. The van der Waals surface area contributed by atoms with Crippen molar-refractivity contribution in [3.63, 3.8) is 0 Å². The average Bonchev–Trinajstić information content (AvgIpc) is 3.95. The fourth-order valence-electron chi connectivity index (χ4n) is 8.97. The van der Waals surface area contributed by atoms with Gasteiger partial charge < -0.3 is 19.1 Å². The maximum absolute atomic E-state index is 6.74. The number of anilines is 2. The van der Waals surface area contributed by atoms with Crippen LogP contribution in [0, 0.1) is 0 Å². The van der Waals surface area contributed by atoms with Gasteiger partial charge in [0.25, 0.3) is 0 Å². The first-order valence-electron chi connectivity index (χ1n) is 19.4. The topological polar surface area (TPSA) is 66.3 Å². The van der Waals surface area contributed by atoms with Gasteiger partial charge in [-0.3, -0.25) is 0 Å². The van der Waals surface area contributed by atoms with Crippen LogP contribution in [0.1, 0.15) is 34.3 Å². The second-order valence-corrected chi connectivity index (χ2v) is 14.9. The van der Waals surface area contributed by atoms with E-state index in [0.717, 1.165) is 83.2 Å². The van der Waals surface area contributed by atoms with Gasteiger partial charge in [-0.2, -0.15) is 0 Å². The predicted molar refractivity (Wildman–Crippen MR) is 232 cm³/mol. The molecule has 0 saturated heterocycles. The molecular formula is C51H34N4O2. The lowest BCUT2D eigenvalue weighted by atomic mass is 9.91. The van der Waals surface area contributed by atoms with Crippen molar-refractivity contribution in [2.75, 3.05) is 4.90 Å². The number of nitrogens with zero attached hydrogens (tertiary/aromatic N) is 3. The van der Waals surface area contributed by atoms with E-state index in [4.69, 9.17) is 18.8 Å². The van der Waals surface area contributed by atoms with Gasteiger partial charge in [0.1, 0.15) is 34.3 Å². The first-order chi connectivity index (χ1) is 28.2. The molecule has 57 heavy (non-hydrogen) atoms. The molecule has 0 amide bonds. The summed E-state index contributed by atoms with van der Waals surface area (Å²) in [6, 6.07) is 55.2. The summed E-state index contributed by atoms with van der Waals surface area (Å²) in [5.41, 5.74) is 12.1. The van der Waals surface area contributed by atoms with Crippen molar-refractivity contribution in [2.24, 2.45) is 9.98 Å². The molecule has 6 nitrogen and oxygen atoms in total. The second-order valence-electron chi connectivity index (χ2n) is 14.9. The van der Waals surface area contributed by atoms with E-state index in [0.29, 0.717) is 11.8 Å². The van der Waals surface area contributed by atoms with Crippen molar-refractivity contribution in [3.05, 3.63) is 204 Å². The van der Waals surface area contributed by atoms with E-state index in [1.165, 1.54) is 11.3 Å². The van der Waals surface area contributed by atoms with E-state index < -0.39 is 0 Å². The van der Waals surface area contributed by atoms with Crippen molar-refractivity contribution in [2.45, 2.75) is 18.1 Å². The van der Waals surface area contributed by atoms with E-state index in [1.807, 2.05) is 36.4 Å². The van der Waals surface area contributed by atoms with Gasteiger partial charge >= 0.3 is 0 Å². The number of benzene rings is 7. The Bertz CT molecular complexity index is 3190. The molecule has 7 aromatic carbocycles. The molecule has 9 aromatic rings. The van der Waals surface area contributed by atoms with E-state index in [1.54, 1.807) is 0 Å². The van der Waals surface area contributed by atoms with E-state index in [9.17, 15) is 0 Å². The summed E-state index contributed by atoms with van der Waals surface area (Å²) in [5.74, 6) is 1.77. The molecule has 3 unspecified atom stereocenters. The molecule has 1 N–H and O–H groups in total. The third-order valence-corrected chi connectivity index (χ3v) is 11.7. The number of aliphatic imine (C=N–C) groups is 2. The zero-order chi connectivity index (χ0) is 37.5. The number of para-hydroxylation sites is 2. The molecule has 0 radical (unpaired) electrons. The van der Waals surface area contributed by atoms with Crippen molar-refractivity contribution < 1.29 is 8.83 Å². The van der Waals surface area contributed by atoms with Crippen LogP contribution < -0.4 is 10.2 Å². The standard InChI is InChI=1S/C51H34N4O2/c1-3-12-31(13-4-1)49-52-50(32-14-5-2-6-15-32)54-51(53-49)34-23-26-41-42-19-11-18-36(48(42)57-46(41)29-34)33-22-25-39-40-27-24-35(30-47(40)56-45(39)28-33)55-43-20-9-7-16-37(43)38-17-8-10-21-44(38)55/h1-30,37,43,49H,(H,52,53,54). The van der Waals surface area contributed by atoms with Crippen LogP contribution in [0.2, 0.25) is 0 Å². The van der Waals surface area contributed by atoms with Crippen LogP contribution in [-0.4, -0.2) is 17.7 Å². The number of hydrogen-bond acceptors (Lipinski definition) is 6. The van der Waals surface area contributed by atoms with Crippen LogP contribution in [0.3, 0.4) is 0 Å². The zero-order valence-electron chi connectivity index (χ0n) is 30.7. The lowest BCUT2D eigenvalue weighted by Crippen LogP contribution is -2.33. The third-order valence-electron chi connectivity index (χ3n) is 11.7. The molecule has 2 aromatic heterocycles. The molecule has 1 aliphatic carbocycles. The Hall–Kier alpha value is -7.44. The van der Waals surface area contributed by atoms with Crippen molar-refractivity contribution in [1.82, 2.24) is 5.32 Å². The molecule has 0 spiro atoms.